The lowest BCUT2D eigenvalue weighted by Crippen LogP contribution is -2.50. The molecule has 190 valence electrons. The van der Waals surface area contributed by atoms with Crippen molar-refractivity contribution >= 4 is 35.4 Å². The molecule has 35 heavy (non-hydrogen) atoms. The quantitative estimate of drug-likeness (QED) is 0.497. The minimum absolute atomic E-state index is 0.0917. The zero-order valence-electron chi connectivity index (χ0n) is 20.7. The Hall–Kier alpha value is -3.11. The number of ether oxygens (including phenoxy) is 4. The SMILES string of the molecule is CCOC(=O)C=c1sc(=Cc2ccc(OCC)c(OC)c2)c(=O)n1CC(=O)N1CC(C)OC(C)C1. The van der Waals surface area contributed by atoms with Gasteiger partial charge in [-0.15, -0.1) is 11.3 Å². The molecule has 1 aromatic carbocycles. The van der Waals surface area contributed by atoms with Crippen molar-refractivity contribution in [2.75, 3.05) is 33.4 Å². The number of nitrogens with zero attached hydrogens (tertiary/aromatic N) is 2. The molecule has 0 aliphatic carbocycles. The zero-order chi connectivity index (χ0) is 25.5. The lowest BCUT2D eigenvalue weighted by molar-refractivity contribution is -0.144. The van der Waals surface area contributed by atoms with Crippen LogP contribution >= 0.6 is 11.3 Å². The van der Waals surface area contributed by atoms with Crippen LogP contribution in [0, 0.1) is 0 Å². The maximum atomic E-state index is 13.3. The van der Waals surface area contributed by atoms with Gasteiger partial charge in [-0.25, -0.2) is 4.79 Å². The van der Waals surface area contributed by atoms with Crippen LogP contribution in [-0.2, 0) is 25.6 Å². The number of thiazole rings is 1. The van der Waals surface area contributed by atoms with Crippen molar-refractivity contribution in [3.05, 3.63) is 43.3 Å². The number of esters is 1. The minimum Gasteiger partial charge on any atom is -0.493 e. The molecule has 0 spiro atoms. The Morgan fingerprint density at radius 2 is 1.86 bits per heavy atom. The molecule has 1 aromatic heterocycles. The molecule has 0 N–H and O–H groups in total. The summed E-state index contributed by atoms with van der Waals surface area (Å²) in [6.45, 7) is 8.82. The van der Waals surface area contributed by atoms with Crippen LogP contribution < -0.4 is 24.2 Å². The summed E-state index contributed by atoms with van der Waals surface area (Å²) in [5.41, 5.74) is 0.363. The lowest BCUT2D eigenvalue weighted by atomic mass is 10.2. The van der Waals surface area contributed by atoms with Crippen molar-refractivity contribution in [2.45, 2.75) is 46.4 Å². The molecule has 0 radical (unpaired) electrons. The van der Waals surface area contributed by atoms with Gasteiger partial charge in [-0.05, 0) is 51.5 Å². The van der Waals surface area contributed by atoms with Gasteiger partial charge in [-0.1, -0.05) is 6.07 Å². The number of methoxy groups -OCH3 is 1. The van der Waals surface area contributed by atoms with Crippen LogP contribution in [0.1, 0.15) is 33.3 Å². The van der Waals surface area contributed by atoms with Crippen LogP contribution in [0.15, 0.2) is 23.0 Å². The molecule has 2 aromatic rings. The van der Waals surface area contributed by atoms with Gasteiger partial charge in [0.25, 0.3) is 5.56 Å². The Labute approximate surface area is 208 Å². The number of amides is 1. The van der Waals surface area contributed by atoms with Crippen LogP contribution in [0.4, 0.5) is 0 Å². The minimum atomic E-state index is -0.571. The third-order valence-corrected chi connectivity index (χ3v) is 6.38. The van der Waals surface area contributed by atoms with Crippen molar-refractivity contribution in [1.82, 2.24) is 9.47 Å². The number of rotatable bonds is 8. The molecule has 9 nitrogen and oxygen atoms in total. The second kappa shape index (κ2) is 12.0. The fourth-order valence-electron chi connectivity index (χ4n) is 3.89. The predicted molar refractivity (Wildman–Crippen MR) is 133 cm³/mol. The van der Waals surface area contributed by atoms with E-state index in [2.05, 4.69) is 0 Å². The molecule has 0 saturated carbocycles. The van der Waals surface area contributed by atoms with Crippen molar-refractivity contribution in [3.63, 3.8) is 0 Å². The first-order chi connectivity index (χ1) is 16.7. The second-order valence-corrected chi connectivity index (χ2v) is 9.20. The van der Waals surface area contributed by atoms with E-state index in [1.807, 2.05) is 26.8 Å². The fraction of sp³-hybridized carbons (Fsp3) is 0.480. The number of benzene rings is 1. The van der Waals surface area contributed by atoms with Crippen molar-refractivity contribution < 1.29 is 28.5 Å². The largest absolute Gasteiger partial charge is 0.493 e. The summed E-state index contributed by atoms with van der Waals surface area (Å²) in [7, 11) is 1.55. The van der Waals surface area contributed by atoms with E-state index in [1.165, 1.54) is 10.6 Å². The summed E-state index contributed by atoms with van der Waals surface area (Å²) in [6.07, 6.45) is 2.77. The zero-order valence-corrected chi connectivity index (χ0v) is 21.6. The molecule has 1 fully saturated rings. The molecule has 2 heterocycles. The maximum Gasteiger partial charge on any atom is 0.333 e. The maximum absolute atomic E-state index is 13.3. The van der Waals surface area contributed by atoms with Gasteiger partial charge in [0.15, 0.2) is 11.5 Å². The predicted octanol–water partition coefficient (Wildman–Crippen LogP) is 1.13. The summed E-state index contributed by atoms with van der Waals surface area (Å²) in [4.78, 5) is 40.2. The van der Waals surface area contributed by atoms with Crippen LogP contribution in [0.3, 0.4) is 0 Å². The van der Waals surface area contributed by atoms with E-state index >= 15 is 0 Å². The van der Waals surface area contributed by atoms with E-state index in [0.717, 1.165) is 16.9 Å². The Morgan fingerprint density at radius 3 is 2.49 bits per heavy atom. The third kappa shape index (κ3) is 6.73. The highest BCUT2D eigenvalue weighted by Crippen LogP contribution is 2.28. The first-order valence-corrected chi connectivity index (χ1v) is 12.4. The van der Waals surface area contributed by atoms with Gasteiger partial charge in [0.05, 0.1) is 43.1 Å². The van der Waals surface area contributed by atoms with E-state index in [9.17, 15) is 14.4 Å². The molecule has 2 unspecified atom stereocenters. The van der Waals surface area contributed by atoms with E-state index in [0.29, 0.717) is 40.4 Å². The molecule has 1 amide bonds. The van der Waals surface area contributed by atoms with Crippen LogP contribution in [0.2, 0.25) is 0 Å². The first kappa shape index (κ1) is 26.5. The highest BCUT2D eigenvalue weighted by atomic mass is 32.1. The van der Waals surface area contributed by atoms with E-state index in [-0.39, 0.29) is 36.8 Å². The van der Waals surface area contributed by atoms with Gasteiger partial charge >= 0.3 is 5.97 Å². The Kier molecular flexibility index (Phi) is 9.11. The average molecular weight is 505 g/mol. The fourth-order valence-corrected chi connectivity index (χ4v) is 4.93. The van der Waals surface area contributed by atoms with E-state index < -0.39 is 5.97 Å². The van der Waals surface area contributed by atoms with Gasteiger partial charge in [0.1, 0.15) is 11.2 Å². The average Bonchev–Trinajstić information content (AvgIpc) is 3.08. The number of carbonyl (C=O) groups is 2. The number of carbonyl (C=O) groups excluding carboxylic acids is 2. The van der Waals surface area contributed by atoms with Crippen molar-refractivity contribution in [3.8, 4) is 11.5 Å². The van der Waals surface area contributed by atoms with Crippen LogP contribution in [-0.4, -0.2) is 67.0 Å². The molecule has 1 aliphatic rings. The molecule has 2 atom stereocenters. The number of aromatic nitrogens is 1. The summed E-state index contributed by atoms with van der Waals surface area (Å²) >= 11 is 1.12. The highest BCUT2D eigenvalue weighted by Gasteiger charge is 2.26. The normalized spacial score (nSPS) is 19.1. The Balaban J connectivity index is 2.02. The smallest absolute Gasteiger partial charge is 0.333 e. The topological polar surface area (TPSA) is 96.3 Å². The summed E-state index contributed by atoms with van der Waals surface area (Å²) in [5, 5.41) is 0. The molecule has 1 saturated heterocycles. The molecule has 1 aliphatic heterocycles. The van der Waals surface area contributed by atoms with Crippen LogP contribution in [0.5, 0.6) is 11.5 Å². The highest BCUT2D eigenvalue weighted by molar-refractivity contribution is 7.07. The Bertz CT molecular complexity index is 1220. The molecule has 0 bridgehead atoms. The monoisotopic (exact) mass is 504 g/mol. The second-order valence-electron chi connectivity index (χ2n) is 8.14. The number of hydrogen-bond acceptors (Lipinski definition) is 8. The van der Waals surface area contributed by atoms with Gasteiger partial charge in [0, 0.05) is 13.1 Å². The number of hydrogen-bond donors (Lipinski definition) is 0. The molecular formula is C25H32N2O7S. The van der Waals surface area contributed by atoms with Crippen LogP contribution in [0.25, 0.3) is 12.2 Å². The van der Waals surface area contributed by atoms with Gasteiger partial charge in [-0.2, -0.15) is 0 Å². The summed E-state index contributed by atoms with van der Waals surface area (Å²) in [6, 6.07) is 5.36. The van der Waals surface area contributed by atoms with Gasteiger partial charge < -0.3 is 23.8 Å². The van der Waals surface area contributed by atoms with Crippen molar-refractivity contribution in [1.29, 1.82) is 0 Å². The molecule has 3 rings (SSSR count). The van der Waals surface area contributed by atoms with E-state index in [4.69, 9.17) is 18.9 Å². The Morgan fingerprint density at radius 1 is 1.14 bits per heavy atom. The van der Waals surface area contributed by atoms with Gasteiger partial charge in [-0.3, -0.25) is 14.2 Å². The first-order valence-electron chi connectivity index (χ1n) is 11.6. The van der Waals surface area contributed by atoms with Gasteiger partial charge in [0.2, 0.25) is 5.91 Å². The van der Waals surface area contributed by atoms with Crippen molar-refractivity contribution in [2.24, 2.45) is 0 Å². The summed E-state index contributed by atoms with van der Waals surface area (Å²) in [5.74, 6) is 0.366. The molecule has 10 heteroatoms. The molecular weight excluding hydrogens is 472 g/mol. The van der Waals surface area contributed by atoms with E-state index in [1.54, 1.807) is 37.1 Å². The third-order valence-electron chi connectivity index (χ3n) is 5.32. The summed E-state index contributed by atoms with van der Waals surface area (Å²) < 4.78 is 23.7. The standard InChI is InChI=1S/C25H32N2O7S/c1-6-32-19-9-8-18(10-20(19)31-5)11-21-25(30)27(23(35-21)12-24(29)33-7-2)15-22(28)26-13-16(3)34-17(4)14-26/h8-12,16-17H,6-7,13-15H2,1-5H3. The lowest BCUT2D eigenvalue weighted by Gasteiger charge is -2.35. The number of morpholine rings is 1.